The SMILES string of the molecule is CCc1ccc([C@H]2CN(C(=O)OC(C)(C)C)CCN2C(=O)CSCC#N)cc1. The molecule has 1 atom stereocenters. The number of benzene rings is 1. The lowest BCUT2D eigenvalue weighted by Crippen LogP contribution is -2.53. The Labute approximate surface area is 171 Å². The Balaban J connectivity index is 2.19. The fourth-order valence-corrected chi connectivity index (χ4v) is 3.64. The molecule has 1 aromatic carbocycles. The third-order valence-electron chi connectivity index (χ3n) is 4.52. The van der Waals surface area contributed by atoms with Crippen LogP contribution in [-0.4, -0.2) is 58.5 Å². The van der Waals surface area contributed by atoms with E-state index >= 15 is 0 Å². The van der Waals surface area contributed by atoms with Crippen molar-refractivity contribution in [2.75, 3.05) is 31.1 Å². The highest BCUT2D eigenvalue weighted by atomic mass is 32.2. The van der Waals surface area contributed by atoms with Gasteiger partial charge in [-0.3, -0.25) is 4.79 Å². The number of aryl methyl sites for hydroxylation is 1. The molecule has 1 aliphatic rings. The average molecular weight is 404 g/mol. The Kier molecular flexibility index (Phi) is 7.76. The van der Waals surface area contributed by atoms with E-state index in [-0.39, 0.29) is 23.8 Å². The van der Waals surface area contributed by atoms with E-state index in [0.717, 1.165) is 12.0 Å². The number of rotatable bonds is 5. The largest absolute Gasteiger partial charge is 0.444 e. The van der Waals surface area contributed by atoms with E-state index < -0.39 is 5.60 Å². The van der Waals surface area contributed by atoms with Crippen LogP contribution in [0.1, 0.15) is 44.9 Å². The number of carbonyl (C=O) groups is 2. The number of nitrogens with zero attached hydrogens (tertiary/aromatic N) is 3. The molecule has 0 unspecified atom stereocenters. The van der Waals surface area contributed by atoms with Crippen molar-refractivity contribution < 1.29 is 14.3 Å². The second-order valence-electron chi connectivity index (χ2n) is 7.78. The number of hydrogen-bond donors (Lipinski definition) is 0. The molecule has 0 radical (unpaired) electrons. The highest BCUT2D eigenvalue weighted by Gasteiger charge is 2.35. The molecule has 0 saturated carbocycles. The predicted molar refractivity (Wildman–Crippen MR) is 111 cm³/mol. The van der Waals surface area contributed by atoms with Gasteiger partial charge in [-0.15, -0.1) is 11.8 Å². The fourth-order valence-electron chi connectivity index (χ4n) is 3.10. The zero-order valence-corrected chi connectivity index (χ0v) is 17.9. The van der Waals surface area contributed by atoms with Gasteiger partial charge in [-0.1, -0.05) is 31.2 Å². The van der Waals surface area contributed by atoms with Crippen LogP contribution in [-0.2, 0) is 16.0 Å². The second-order valence-corrected chi connectivity index (χ2v) is 8.76. The number of thioether (sulfide) groups is 1. The van der Waals surface area contributed by atoms with Crippen LogP contribution in [0.4, 0.5) is 4.79 Å². The van der Waals surface area contributed by atoms with E-state index in [2.05, 4.69) is 19.1 Å². The van der Waals surface area contributed by atoms with Crippen LogP contribution >= 0.6 is 11.8 Å². The summed E-state index contributed by atoms with van der Waals surface area (Å²) in [5, 5.41) is 8.70. The van der Waals surface area contributed by atoms with E-state index in [1.807, 2.05) is 43.9 Å². The van der Waals surface area contributed by atoms with Gasteiger partial charge in [-0.05, 0) is 38.3 Å². The number of piperazine rings is 1. The van der Waals surface area contributed by atoms with E-state index in [1.165, 1.54) is 17.3 Å². The van der Waals surface area contributed by atoms with Crippen molar-refractivity contribution in [1.82, 2.24) is 9.80 Å². The van der Waals surface area contributed by atoms with Gasteiger partial charge in [0.1, 0.15) is 5.60 Å². The summed E-state index contributed by atoms with van der Waals surface area (Å²) >= 11 is 1.32. The molecule has 0 bridgehead atoms. The summed E-state index contributed by atoms with van der Waals surface area (Å²) < 4.78 is 5.52. The van der Waals surface area contributed by atoms with Crippen molar-refractivity contribution in [1.29, 1.82) is 5.26 Å². The van der Waals surface area contributed by atoms with Crippen molar-refractivity contribution in [3.05, 3.63) is 35.4 Å². The molecule has 0 N–H and O–H groups in total. The minimum Gasteiger partial charge on any atom is -0.444 e. The highest BCUT2D eigenvalue weighted by Crippen LogP contribution is 2.28. The zero-order valence-electron chi connectivity index (χ0n) is 17.1. The van der Waals surface area contributed by atoms with Gasteiger partial charge in [0.05, 0.1) is 23.6 Å². The normalized spacial score (nSPS) is 17.2. The van der Waals surface area contributed by atoms with Gasteiger partial charge in [-0.2, -0.15) is 5.26 Å². The molecule has 1 aromatic rings. The lowest BCUT2D eigenvalue weighted by Gasteiger charge is -2.42. The Morgan fingerprint density at radius 3 is 2.50 bits per heavy atom. The van der Waals surface area contributed by atoms with Crippen molar-refractivity contribution in [2.24, 2.45) is 0 Å². The lowest BCUT2D eigenvalue weighted by atomic mass is 10.00. The molecule has 152 valence electrons. The molecule has 2 rings (SSSR count). The molecule has 2 amide bonds. The molecule has 1 aliphatic heterocycles. The maximum Gasteiger partial charge on any atom is 0.410 e. The first kappa shape index (κ1) is 22.1. The van der Waals surface area contributed by atoms with Crippen molar-refractivity contribution in [3.8, 4) is 6.07 Å². The summed E-state index contributed by atoms with van der Waals surface area (Å²) in [7, 11) is 0. The van der Waals surface area contributed by atoms with Crippen molar-refractivity contribution >= 4 is 23.8 Å². The Hall–Kier alpha value is -2.20. The molecule has 0 aliphatic carbocycles. The summed E-state index contributed by atoms with van der Waals surface area (Å²) in [5.41, 5.74) is 1.67. The van der Waals surface area contributed by atoms with Crippen LogP contribution in [0.25, 0.3) is 0 Å². The number of nitriles is 1. The van der Waals surface area contributed by atoms with Crippen LogP contribution in [0.15, 0.2) is 24.3 Å². The number of carbonyl (C=O) groups excluding carboxylic acids is 2. The van der Waals surface area contributed by atoms with Gasteiger partial charge >= 0.3 is 6.09 Å². The van der Waals surface area contributed by atoms with Gasteiger partial charge < -0.3 is 14.5 Å². The van der Waals surface area contributed by atoms with E-state index in [1.54, 1.807) is 4.90 Å². The first-order valence-electron chi connectivity index (χ1n) is 9.56. The van der Waals surface area contributed by atoms with E-state index in [0.29, 0.717) is 25.4 Å². The minimum absolute atomic E-state index is 0.00587. The Morgan fingerprint density at radius 2 is 1.93 bits per heavy atom. The molecule has 1 heterocycles. The van der Waals surface area contributed by atoms with Crippen LogP contribution < -0.4 is 0 Å². The maximum absolute atomic E-state index is 12.7. The van der Waals surface area contributed by atoms with Gasteiger partial charge in [0.15, 0.2) is 0 Å². The van der Waals surface area contributed by atoms with Gasteiger partial charge in [0, 0.05) is 19.6 Å². The van der Waals surface area contributed by atoms with Crippen LogP contribution in [0.5, 0.6) is 0 Å². The quantitative estimate of drug-likeness (QED) is 0.702. The molecule has 0 spiro atoms. The van der Waals surface area contributed by atoms with Gasteiger partial charge in [0.2, 0.25) is 5.91 Å². The van der Waals surface area contributed by atoms with Crippen LogP contribution in [0.3, 0.4) is 0 Å². The summed E-state index contributed by atoms with van der Waals surface area (Å²) in [6, 6.07) is 10.0. The predicted octanol–water partition coefficient (Wildman–Crippen LogP) is 3.63. The summed E-state index contributed by atoms with van der Waals surface area (Å²) in [6.07, 6.45) is 0.594. The molecule has 1 saturated heterocycles. The standard InChI is InChI=1S/C21H29N3O3S/c1-5-16-6-8-17(9-7-16)18-14-23(20(26)27-21(2,3)4)11-12-24(18)19(25)15-28-13-10-22/h6-9,18H,5,11-15H2,1-4H3/t18-/m1/s1. The molecular formula is C21H29N3O3S. The second kappa shape index (κ2) is 9.83. The van der Waals surface area contributed by atoms with Crippen molar-refractivity contribution in [2.45, 2.75) is 45.8 Å². The average Bonchev–Trinajstić information content (AvgIpc) is 2.66. The maximum atomic E-state index is 12.7. The monoisotopic (exact) mass is 403 g/mol. The molecule has 6 nitrogen and oxygen atoms in total. The smallest absolute Gasteiger partial charge is 0.410 e. The van der Waals surface area contributed by atoms with E-state index in [9.17, 15) is 9.59 Å². The molecule has 0 aromatic heterocycles. The third-order valence-corrected chi connectivity index (χ3v) is 5.30. The van der Waals surface area contributed by atoms with Gasteiger partial charge in [-0.25, -0.2) is 4.79 Å². The molecule has 28 heavy (non-hydrogen) atoms. The van der Waals surface area contributed by atoms with Crippen LogP contribution in [0, 0.1) is 11.3 Å². The van der Waals surface area contributed by atoms with E-state index in [4.69, 9.17) is 10.00 Å². The molecule has 7 heteroatoms. The molecular weight excluding hydrogens is 374 g/mol. The topological polar surface area (TPSA) is 73.6 Å². The number of hydrogen-bond acceptors (Lipinski definition) is 5. The van der Waals surface area contributed by atoms with Crippen LogP contribution in [0.2, 0.25) is 0 Å². The third kappa shape index (κ3) is 6.16. The first-order chi connectivity index (χ1) is 13.2. The Bertz CT molecular complexity index is 722. The minimum atomic E-state index is -0.559. The zero-order chi connectivity index (χ0) is 20.7. The van der Waals surface area contributed by atoms with Gasteiger partial charge in [0.25, 0.3) is 0 Å². The highest BCUT2D eigenvalue weighted by molar-refractivity contribution is 8.00. The Morgan fingerprint density at radius 1 is 1.25 bits per heavy atom. The van der Waals surface area contributed by atoms with Crippen molar-refractivity contribution in [3.63, 3.8) is 0 Å². The first-order valence-corrected chi connectivity index (χ1v) is 10.7. The summed E-state index contributed by atoms with van der Waals surface area (Å²) in [4.78, 5) is 28.8. The summed E-state index contributed by atoms with van der Waals surface area (Å²) in [5.74, 6) is 0.553. The number of ether oxygens (including phenoxy) is 1. The number of amides is 2. The fraction of sp³-hybridized carbons (Fsp3) is 0.571. The lowest BCUT2D eigenvalue weighted by molar-refractivity contribution is -0.133. The summed E-state index contributed by atoms with van der Waals surface area (Å²) in [6.45, 7) is 8.92. The molecule has 1 fully saturated rings.